The summed E-state index contributed by atoms with van der Waals surface area (Å²) in [5, 5.41) is 4.18. The molecule has 0 fully saturated rings. The predicted octanol–water partition coefficient (Wildman–Crippen LogP) is 4.58. The minimum Gasteiger partial charge on any atom is -0.359 e. The first-order valence-corrected chi connectivity index (χ1v) is 8.01. The molecular formula is C16H13ClN2O3S. The van der Waals surface area contributed by atoms with Crippen molar-refractivity contribution in [3.05, 3.63) is 60.4 Å². The third-order valence-electron chi connectivity index (χ3n) is 3.24. The normalized spacial score (nSPS) is 10.9. The van der Waals surface area contributed by atoms with Crippen LogP contribution in [-0.2, 0) is 15.2 Å². The van der Waals surface area contributed by atoms with Crippen LogP contribution in [0, 0.1) is 0 Å². The van der Waals surface area contributed by atoms with Crippen molar-refractivity contribution in [1.29, 1.82) is 0 Å². The molecule has 0 saturated carbocycles. The second-order valence-corrected chi connectivity index (χ2v) is 5.64. The molecule has 23 heavy (non-hydrogen) atoms. The van der Waals surface area contributed by atoms with E-state index in [1.807, 2.05) is 54.6 Å². The standard InChI is InChI=1S/C16H13ClN2O3S/c17-10-14-15(11-6-8-13(9-7-11)23-22-21-18)16(19-20-14)12-4-2-1-3-5-12/h1-9H,10,18H2. The average Bonchev–Trinajstić information content (AvgIpc) is 3.05. The molecule has 2 aromatic carbocycles. The number of rotatable bonds is 6. The lowest BCUT2D eigenvalue weighted by Gasteiger charge is -2.05. The molecule has 0 atom stereocenters. The molecule has 0 unspecified atom stereocenters. The highest BCUT2D eigenvalue weighted by atomic mass is 35.5. The molecule has 3 rings (SSSR count). The summed E-state index contributed by atoms with van der Waals surface area (Å²) in [7, 11) is 0. The average molecular weight is 349 g/mol. The van der Waals surface area contributed by atoms with Crippen LogP contribution < -0.4 is 5.90 Å². The molecule has 5 nitrogen and oxygen atoms in total. The third kappa shape index (κ3) is 3.57. The number of nitrogens with zero attached hydrogens (tertiary/aromatic N) is 1. The van der Waals surface area contributed by atoms with Crippen molar-refractivity contribution in [2.45, 2.75) is 10.8 Å². The van der Waals surface area contributed by atoms with Gasteiger partial charge in [0.05, 0.1) is 23.5 Å². The highest BCUT2D eigenvalue weighted by Gasteiger charge is 2.18. The monoisotopic (exact) mass is 348 g/mol. The second-order valence-electron chi connectivity index (χ2n) is 4.60. The summed E-state index contributed by atoms with van der Waals surface area (Å²) in [6, 6.07) is 17.5. The maximum absolute atomic E-state index is 5.99. The topological polar surface area (TPSA) is 70.5 Å². The Morgan fingerprint density at radius 1 is 1.04 bits per heavy atom. The predicted molar refractivity (Wildman–Crippen MR) is 89.1 cm³/mol. The highest BCUT2D eigenvalue weighted by molar-refractivity contribution is 7.94. The molecule has 2 N–H and O–H groups in total. The molecule has 7 heteroatoms. The molecule has 1 aromatic heterocycles. The molecule has 0 aliphatic carbocycles. The zero-order valence-electron chi connectivity index (χ0n) is 11.9. The summed E-state index contributed by atoms with van der Waals surface area (Å²) in [6.07, 6.45) is 0. The van der Waals surface area contributed by atoms with Crippen molar-refractivity contribution < 1.29 is 13.8 Å². The van der Waals surface area contributed by atoms with Crippen LogP contribution in [0.2, 0.25) is 0 Å². The summed E-state index contributed by atoms with van der Waals surface area (Å²) >= 11 is 7.02. The van der Waals surface area contributed by atoms with Gasteiger partial charge in [0.25, 0.3) is 0 Å². The highest BCUT2D eigenvalue weighted by Crippen LogP contribution is 2.36. The minimum atomic E-state index is 0.246. The van der Waals surface area contributed by atoms with Gasteiger partial charge in [-0.15, -0.1) is 20.9 Å². The lowest BCUT2D eigenvalue weighted by Crippen LogP contribution is -1.93. The van der Waals surface area contributed by atoms with Crippen LogP contribution in [0.1, 0.15) is 5.76 Å². The summed E-state index contributed by atoms with van der Waals surface area (Å²) < 4.78 is 10.0. The largest absolute Gasteiger partial charge is 0.359 e. The van der Waals surface area contributed by atoms with E-state index in [1.165, 1.54) is 0 Å². The number of halogens is 1. The minimum absolute atomic E-state index is 0.246. The zero-order chi connectivity index (χ0) is 16.1. The van der Waals surface area contributed by atoms with E-state index in [9.17, 15) is 0 Å². The molecule has 0 saturated heterocycles. The fourth-order valence-electron chi connectivity index (χ4n) is 2.24. The number of nitrogens with two attached hydrogens (primary N) is 1. The van der Waals surface area contributed by atoms with Gasteiger partial charge >= 0.3 is 0 Å². The fraction of sp³-hybridized carbons (Fsp3) is 0.0625. The number of hydrogen-bond donors (Lipinski definition) is 1. The van der Waals surface area contributed by atoms with Crippen LogP contribution in [0.15, 0.2) is 64.0 Å². The number of aromatic nitrogens is 1. The van der Waals surface area contributed by atoms with E-state index in [1.54, 1.807) is 0 Å². The molecule has 118 valence electrons. The van der Waals surface area contributed by atoms with Gasteiger partial charge in [-0.3, -0.25) is 0 Å². The van der Waals surface area contributed by atoms with Gasteiger partial charge in [-0.2, -0.15) is 5.90 Å². The third-order valence-corrected chi connectivity index (χ3v) is 4.10. The van der Waals surface area contributed by atoms with Crippen molar-refractivity contribution in [2.75, 3.05) is 0 Å². The fourth-order valence-corrected chi connectivity index (χ4v) is 2.79. The second kappa shape index (κ2) is 7.63. The Bertz CT molecular complexity index is 763. The number of alkyl halides is 1. The molecule has 0 spiro atoms. The van der Waals surface area contributed by atoms with Crippen LogP contribution in [0.25, 0.3) is 22.4 Å². The Morgan fingerprint density at radius 3 is 2.43 bits per heavy atom. The molecule has 1 heterocycles. The van der Waals surface area contributed by atoms with Gasteiger partial charge in [0.15, 0.2) is 5.76 Å². The van der Waals surface area contributed by atoms with Gasteiger partial charge in [0, 0.05) is 10.5 Å². The van der Waals surface area contributed by atoms with Crippen molar-refractivity contribution >= 4 is 23.6 Å². The van der Waals surface area contributed by atoms with Crippen LogP contribution >= 0.6 is 23.6 Å². The number of benzene rings is 2. The summed E-state index contributed by atoms with van der Waals surface area (Å²) in [6.45, 7) is 0. The first-order valence-electron chi connectivity index (χ1n) is 6.74. The first-order chi connectivity index (χ1) is 11.3. The maximum Gasteiger partial charge on any atom is 0.159 e. The lowest BCUT2D eigenvalue weighted by molar-refractivity contribution is -0.195. The molecule has 0 aliphatic rings. The Morgan fingerprint density at radius 2 is 1.78 bits per heavy atom. The first kappa shape index (κ1) is 16.0. The van der Waals surface area contributed by atoms with Gasteiger partial charge in [0.2, 0.25) is 0 Å². The smallest absolute Gasteiger partial charge is 0.159 e. The van der Waals surface area contributed by atoms with E-state index in [2.05, 4.69) is 14.5 Å². The Balaban J connectivity index is 2.00. The van der Waals surface area contributed by atoms with E-state index in [-0.39, 0.29) is 5.88 Å². The van der Waals surface area contributed by atoms with Gasteiger partial charge in [-0.1, -0.05) is 47.6 Å². The Labute approximate surface area is 142 Å². The summed E-state index contributed by atoms with van der Waals surface area (Å²) in [5.74, 6) is 5.70. The molecule has 0 radical (unpaired) electrons. The van der Waals surface area contributed by atoms with Crippen LogP contribution in [0.3, 0.4) is 0 Å². The quantitative estimate of drug-likeness (QED) is 0.304. The van der Waals surface area contributed by atoms with Gasteiger partial charge < -0.3 is 4.52 Å². The molecular weight excluding hydrogens is 336 g/mol. The Hall–Kier alpha value is -1.83. The van der Waals surface area contributed by atoms with E-state index in [4.69, 9.17) is 22.0 Å². The van der Waals surface area contributed by atoms with Gasteiger partial charge in [0.1, 0.15) is 5.69 Å². The van der Waals surface area contributed by atoms with Crippen molar-refractivity contribution in [3.8, 4) is 22.4 Å². The molecule has 0 amide bonds. The van der Waals surface area contributed by atoms with Crippen molar-refractivity contribution in [3.63, 3.8) is 0 Å². The van der Waals surface area contributed by atoms with Gasteiger partial charge in [-0.25, -0.2) is 0 Å². The summed E-state index contributed by atoms with van der Waals surface area (Å²) in [5.41, 5.74) is 3.58. The van der Waals surface area contributed by atoms with E-state index < -0.39 is 0 Å². The lowest BCUT2D eigenvalue weighted by atomic mass is 9.99. The molecule has 3 aromatic rings. The van der Waals surface area contributed by atoms with Gasteiger partial charge in [-0.05, 0) is 17.7 Å². The number of hydrogen-bond acceptors (Lipinski definition) is 6. The van der Waals surface area contributed by atoms with E-state index in [0.717, 1.165) is 39.3 Å². The SMILES string of the molecule is NOOSc1ccc(-c2c(-c3ccccc3)noc2CCl)cc1. The van der Waals surface area contributed by atoms with E-state index in [0.29, 0.717) is 5.76 Å². The molecule has 0 bridgehead atoms. The molecule has 0 aliphatic heterocycles. The van der Waals surface area contributed by atoms with Crippen LogP contribution in [-0.4, -0.2) is 5.16 Å². The van der Waals surface area contributed by atoms with Crippen LogP contribution in [0.4, 0.5) is 0 Å². The zero-order valence-corrected chi connectivity index (χ0v) is 13.5. The van der Waals surface area contributed by atoms with E-state index >= 15 is 0 Å². The van der Waals surface area contributed by atoms with Crippen LogP contribution in [0.5, 0.6) is 0 Å². The summed E-state index contributed by atoms with van der Waals surface area (Å²) in [4.78, 5) is 4.93. The van der Waals surface area contributed by atoms with Crippen molar-refractivity contribution in [1.82, 2.24) is 5.16 Å². The van der Waals surface area contributed by atoms with Crippen molar-refractivity contribution in [2.24, 2.45) is 5.90 Å². The maximum atomic E-state index is 5.99. The Kier molecular flexibility index (Phi) is 5.32.